The number of hydrogen-bond donors (Lipinski definition) is 0. The molecule has 144 valence electrons. The van der Waals surface area contributed by atoms with E-state index in [9.17, 15) is 18.0 Å². The second-order valence-corrected chi connectivity index (χ2v) is 8.05. The zero-order chi connectivity index (χ0) is 20.0. The first-order chi connectivity index (χ1) is 12.7. The van der Waals surface area contributed by atoms with E-state index < -0.39 is 28.5 Å². The lowest BCUT2D eigenvalue weighted by molar-refractivity contribution is -0.144. The zero-order valence-electron chi connectivity index (χ0n) is 14.7. The molecule has 9 heteroatoms. The summed E-state index contributed by atoms with van der Waals surface area (Å²) in [5.74, 6) is -1.23. The van der Waals surface area contributed by atoms with Gasteiger partial charge in [-0.05, 0) is 42.0 Å². The Morgan fingerprint density at radius 1 is 1.11 bits per heavy atom. The highest BCUT2D eigenvalue weighted by Gasteiger charge is 2.23. The van der Waals surface area contributed by atoms with E-state index in [4.69, 9.17) is 16.3 Å². The lowest BCUT2D eigenvalue weighted by Gasteiger charge is -2.16. The minimum Gasteiger partial charge on any atom is -0.465 e. The molecule has 0 saturated heterocycles. The van der Waals surface area contributed by atoms with Crippen LogP contribution in [0.4, 0.5) is 0 Å². The van der Waals surface area contributed by atoms with Crippen molar-refractivity contribution in [2.24, 2.45) is 0 Å². The molecule has 0 saturated carbocycles. The molecule has 0 aliphatic heterocycles. The number of nitrogens with zero attached hydrogens (tertiary/aromatic N) is 1. The number of methoxy groups -OCH3 is 1. The van der Waals surface area contributed by atoms with Crippen molar-refractivity contribution >= 4 is 33.6 Å². The van der Waals surface area contributed by atoms with Crippen molar-refractivity contribution in [1.29, 1.82) is 0 Å². The van der Waals surface area contributed by atoms with E-state index in [1.54, 1.807) is 18.2 Å². The summed E-state index contributed by atoms with van der Waals surface area (Å²) in [6, 6.07) is 12.0. The van der Waals surface area contributed by atoms with Crippen molar-refractivity contribution in [2.75, 3.05) is 20.7 Å². The number of sulfonamides is 1. The Morgan fingerprint density at radius 3 is 2.41 bits per heavy atom. The summed E-state index contributed by atoms with van der Waals surface area (Å²) in [6.07, 6.45) is 0. The largest absolute Gasteiger partial charge is 0.465 e. The van der Waals surface area contributed by atoms with Crippen LogP contribution in [0.5, 0.6) is 0 Å². The first kappa shape index (κ1) is 20.9. The molecule has 0 aliphatic rings. The fourth-order valence-corrected chi connectivity index (χ4v) is 3.41. The maximum absolute atomic E-state index is 12.4. The van der Waals surface area contributed by atoms with Gasteiger partial charge in [-0.1, -0.05) is 23.7 Å². The van der Waals surface area contributed by atoms with Crippen molar-refractivity contribution < 1.29 is 27.5 Å². The molecule has 0 spiro atoms. The summed E-state index contributed by atoms with van der Waals surface area (Å²) in [7, 11) is -1.29. The standard InChI is InChI=1S/C18H18ClNO6S/c1-20(27(23,24)16-8-6-15(19)7-9-16)11-17(21)26-12-13-4-3-5-14(10-13)18(22)25-2/h3-10H,11-12H2,1-2H3. The highest BCUT2D eigenvalue weighted by Crippen LogP contribution is 2.17. The molecule has 0 atom stereocenters. The van der Waals surface area contributed by atoms with Gasteiger partial charge in [-0.2, -0.15) is 4.31 Å². The topological polar surface area (TPSA) is 90.0 Å². The highest BCUT2D eigenvalue weighted by molar-refractivity contribution is 7.89. The second-order valence-electron chi connectivity index (χ2n) is 5.57. The molecule has 27 heavy (non-hydrogen) atoms. The van der Waals surface area contributed by atoms with Crippen LogP contribution in [-0.4, -0.2) is 45.4 Å². The van der Waals surface area contributed by atoms with E-state index in [1.165, 1.54) is 44.5 Å². The van der Waals surface area contributed by atoms with Crippen LogP contribution in [0.3, 0.4) is 0 Å². The number of carbonyl (C=O) groups excluding carboxylic acids is 2. The molecule has 7 nitrogen and oxygen atoms in total. The van der Waals surface area contributed by atoms with Crippen molar-refractivity contribution in [3.63, 3.8) is 0 Å². The number of rotatable bonds is 7. The van der Waals surface area contributed by atoms with Gasteiger partial charge < -0.3 is 9.47 Å². The molecule has 2 aromatic rings. The third-order valence-electron chi connectivity index (χ3n) is 3.62. The van der Waals surface area contributed by atoms with Crippen LogP contribution in [-0.2, 0) is 30.9 Å². The molecule has 0 fully saturated rings. The molecular formula is C18H18ClNO6S. The fraction of sp³-hybridized carbons (Fsp3) is 0.222. The first-order valence-electron chi connectivity index (χ1n) is 7.79. The maximum atomic E-state index is 12.4. The molecule has 0 aromatic heterocycles. The van der Waals surface area contributed by atoms with Crippen molar-refractivity contribution in [3.05, 3.63) is 64.7 Å². The van der Waals surface area contributed by atoms with Gasteiger partial charge in [0.1, 0.15) is 13.2 Å². The Balaban J connectivity index is 1.97. The number of ether oxygens (including phenoxy) is 2. The van der Waals surface area contributed by atoms with Gasteiger partial charge in [-0.3, -0.25) is 4.79 Å². The minimum absolute atomic E-state index is 0.0213. The van der Waals surface area contributed by atoms with E-state index in [0.29, 0.717) is 16.1 Å². The third-order valence-corrected chi connectivity index (χ3v) is 5.69. The third kappa shape index (κ3) is 5.53. The molecule has 0 amide bonds. The summed E-state index contributed by atoms with van der Waals surface area (Å²) in [5, 5.41) is 0.408. The van der Waals surface area contributed by atoms with Crippen molar-refractivity contribution in [3.8, 4) is 0 Å². The monoisotopic (exact) mass is 411 g/mol. The Morgan fingerprint density at radius 2 is 1.78 bits per heavy atom. The Bertz CT molecular complexity index is 927. The lowest BCUT2D eigenvalue weighted by Crippen LogP contribution is -2.33. The molecule has 0 radical (unpaired) electrons. The smallest absolute Gasteiger partial charge is 0.337 e. The SMILES string of the molecule is COC(=O)c1cccc(COC(=O)CN(C)S(=O)(=O)c2ccc(Cl)cc2)c1. The number of likely N-dealkylation sites (N-methyl/N-ethyl adjacent to an activating group) is 1. The molecule has 0 aliphatic carbocycles. The van der Waals surface area contributed by atoms with Crippen LogP contribution < -0.4 is 0 Å². The van der Waals surface area contributed by atoms with Crippen LogP contribution in [0, 0.1) is 0 Å². The number of benzene rings is 2. The van der Waals surface area contributed by atoms with Crippen LogP contribution in [0.1, 0.15) is 15.9 Å². The number of carbonyl (C=O) groups is 2. The van der Waals surface area contributed by atoms with E-state index in [-0.39, 0.29) is 11.5 Å². The number of esters is 2. The first-order valence-corrected chi connectivity index (χ1v) is 9.60. The summed E-state index contributed by atoms with van der Waals surface area (Å²) in [6.45, 7) is -0.555. The van der Waals surface area contributed by atoms with Gasteiger partial charge in [0.2, 0.25) is 10.0 Å². The van der Waals surface area contributed by atoms with Gasteiger partial charge in [-0.15, -0.1) is 0 Å². The van der Waals surface area contributed by atoms with Gasteiger partial charge in [0.05, 0.1) is 17.6 Å². The van der Waals surface area contributed by atoms with E-state index in [0.717, 1.165) is 4.31 Å². The molecular weight excluding hydrogens is 394 g/mol. The number of hydrogen-bond acceptors (Lipinski definition) is 6. The van der Waals surface area contributed by atoms with Gasteiger partial charge in [-0.25, -0.2) is 13.2 Å². The quantitative estimate of drug-likeness (QED) is 0.650. The normalized spacial score (nSPS) is 11.3. The summed E-state index contributed by atoms with van der Waals surface area (Å²) < 4.78 is 35.5. The van der Waals surface area contributed by atoms with Gasteiger partial charge >= 0.3 is 11.9 Å². The predicted octanol–water partition coefficient (Wildman–Crippen LogP) is 2.49. The molecule has 0 N–H and O–H groups in total. The van der Waals surface area contributed by atoms with Crippen molar-refractivity contribution in [1.82, 2.24) is 4.31 Å². The average molecular weight is 412 g/mol. The average Bonchev–Trinajstić information content (AvgIpc) is 2.66. The van der Waals surface area contributed by atoms with Gasteiger partial charge in [0, 0.05) is 12.1 Å². The molecule has 0 heterocycles. The van der Waals surface area contributed by atoms with Crippen LogP contribution in [0.25, 0.3) is 0 Å². The Kier molecular flexibility index (Phi) is 6.95. The summed E-state index contributed by atoms with van der Waals surface area (Å²) >= 11 is 5.75. The van der Waals surface area contributed by atoms with Crippen LogP contribution in [0.2, 0.25) is 5.02 Å². The maximum Gasteiger partial charge on any atom is 0.337 e. The predicted molar refractivity (Wildman–Crippen MR) is 98.8 cm³/mol. The Labute approximate surface area is 162 Å². The van der Waals surface area contributed by atoms with E-state index in [2.05, 4.69) is 4.74 Å². The second kappa shape index (κ2) is 8.98. The molecule has 2 aromatic carbocycles. The Hall–Kier alpha value is -2.42. The van der Waals surface area contributed by atoms with E-state index in [1.807, 2.05) is 0 Å². The fourth-order valence-electron chi connectivity index (χ4n) is 2.17. The van der Waals surface area contributed by atoms with Crippen LogP contribution in [0.15, 0.2) is 53.4 Å². The lowest BCUT2D eigenvalue weighted by atomic mass is 10.1. The minimum atomic E-state index is -3.84. The van der Waals surface area contributed by atoms with Crippen molar-refractivity contribution in [2.45, 2.75) is 11.5 Å². The summed E-state index contributed by atoms with van der Waals surface area (Å²) in [5.41, 5.74) is 0.906. The molecule has 0 unspecified atom stereocenters. The molecule has 2 rings (SSSR count). The summed E-state index contributed by atoms with van der Waals surface area (Å²) in [4.78, 5) is 23.5. The van der Waals surface area contributed by atoms with Gasteiger partial charge in [0.15, 0.2) is 0 Å². The zero-order valence-corrected chi connectivity index (χ0v) is 16.3. The van der Waals surface area contributed by atoms with E-state index >= 15 is 0 Å². The number of halogens is 1. The highest BCUT2D eigenvalue weighted by atomic mass is 35.5. The van der Waals surface area contributed by atoms with Crippen LogP contribution >= 0.6 is 11.6 Å². The molecule has 0 bridgehead atoms. The van der Waals surface area contributed by atoms with Gasteiger partial charge in [0.25, 0.3) is 0 Å².